The van der Waals surface area contributed by atoms with E-state index < -0.39 is 16.8 Å². The highest BCUT2D eigenvalue weighted by atomic mass is 35.5. The molecule has 2 nitrogen and oxygen atoms in total. The number of fused-ring (bicyclic) bond motifs is 1. The van der Waals surface area contributed by atoms with Gasteiger partial charge in [-0.3, -0.25) is 0 Å². The van der Waals surface area contributed by atoms with E-state index >= 15 is 0 Å². The number of hydrogen-bond acceptors (Lipinski definition) is 2. The van der Waals surface area contributed by atoms with Gasteiger partial charge in [0.15, 0.2) is 0 Å². The highest BCUT2D eigenvalue weighted by Crippen LogP contribution is 2.44. The van der Waals surface area contributed by atoms with Crippen molar-refractivity contribution >= 4 is 11.6 Å². The molecule has 6 heteroatoms. The zero-order chi connectivity index (χ0) is 11.9. The molecule has 2 rings (SSSR count). The largest absolute Gasteiger partial charge is 0.492 e. The lowest BCUT2D eigenvalue weighted by atomic mass is 9.99. The number of alkyl halides is 3. The third-order valence-electron chi connectivity index (χ3n) is 2.51. The second kappa shape index (κ2) is 3.82. The fraction of sp³-hybridized carbons (Fsp3) is 0.400. The predicted molar refractivity (Wildman–Crippen MR) is 53.5 cm³/mol. The maximum Gasteiger partial charge on any atom is 0.417 e. The minimum atomic E-state index is -4.48. The van der Waals surface area contributed by atoms with E-state index in [9.17, 15) is 13.2 Å². The van der Waals surface area contributed by atoms with Crippen molar-refractivity contribution < 1.29 is 17.9 Å². The predicted octanol–water partition coefficient (Wildman–Crippen LogP) is 3.14. The van der Waals surface area contributed by atoms with Gasteiger partial charge < -0.3 is 10.5 Å². The molecule has 0 fully saturated rings. The van der Waals surface area contributed by atoms with Crippen molar-refractivity contribution in [3.05, 3.63) is 28.3 Å². The van der Waals surface area contributed by atoms with Crippen LogP contribution in [0.3, 0.4) is 0 Å². The fourth-order valence-corrected chi connectivity index (χ4v) is 2.01. The molecule has 1 aliphatic heterocycles. The summed E-state index contributed by atoms with van der Waals surface area (Å²) in [5.74, 6) is 0.0650. The maximum atomic E-state index is 12.5. The van der Waals surface area contributed by atoms with Crippen LogP contribution in [0.15, 0.2) is 12.1 Å². The van der Waals surface area contributed by atoms with Crippen LogP contribution < -0.4 is 10.5 Å². The Labute approximate surface area is 95.1 Å². The number of nitrogens with two attached hydrogens (primary N) is 1. The summed E-state index contributed by atoms with van der Waals surface area (Å²) >= 11 is 5.68. The van der Waals surface area contributed by atoms with Crippen LogP contribution in [0.25, 0.3) is 0 Å². The minimum Gasteiger partial charge on any atom is -0.492 e. The van der Waals surface area contributed by atoms with Gasteiger partial charge in [0.05, 0.1) is 17.2 Å². The first-order valence-electron chi connectivity index (χ1n) is 4.69. The van der Waals surface area contributed by atoms with E-state index in [-0.39, 0.29) is 18.4 Å². The average Bonchev–Trinajstić information content (AvgIpc) is 2.18. The van der Waals surface area contributed by atoms with Crippen LogP contribution in [0, 0.1) is 0 Å². The van der Waals surface area contributed by atoms with Crippen LogP contribution in [0.1, 0.15) is 23.6 Å². The Bertz CT molecular complexity index is 419. The molecule has 0 aromatic heterocycles. The molecular weight excluding hydrogens is 243 g/mol. The fourth-order valence-electron chi connectivity index (χ4n) is 1.67. The van der Waals surface area contributed by atoms with Crippen molar-refractivity contribution in [3.63, 3.8) is 0 Å². The van der Waals surface area contributed by atoms with Crippen LogP contribution in [-0.2, 0) is 6.18 Å². The Morgan fingerprint density at radius 3 is 2.69 bits per heavy atom. The molecule has 0 bridgehead atoms. The molecule has 0 saturated carbocycles. The lowest BCUT2D eigenvalue weighted by molar-refractivity contribution is -0.137. The molecule has 0 amide bonds. The normalized spacial score (nSPS) is 20.2. The van der Waals surface area contributed by atoms with Crippen LogP contribution in [0.5, 0.6) is 5.75 Å². The molecule has 0 radical (unpaired) electrons. The van der Waals surface area contributed by atoms with E-state index in [4.69, 9.17) is 22.1 Å². The summed E-state index contributed by atoms with van der Waals surface area (Å²) in [6.45, 7) is 0.287. The van der Waals surface area contributed by atoms with Gasteiger partial charge in [-0.1, -0.05) is 17.7 Å². The lowest BCUT2D eigenvalue weighted by Gasteiger charge is -2.25. The van der Waals surface area contributed by atoms with E-state index in [1.807, 2.05) is 0 Å². The van der Waals surface area contributed by atoms with Crippen LogP contribution in [0.4, 0.5) is 13.2 Å². The minimum absolute atomic E-state index is 0.0650. The molecule has 1 aromatic carbocycles. The standard InChI is InChI=1S/C10H9ClF3NO/c11-8-6(10(12,13)14)2-1-5-7(15)3-4-16-9(5)8/h1-2,7H,3-4,15H2/t7-/m0/s1. The van der Waals surface area contributed by atoms with Crippen LogP contribution in [0.2, 0.25) is 5.02 Å². The Kier molecular flexibility index (Phi) is 2.75. The number of ether oxygens (including phenoxy) is 1. The van der Waals surface area contributed by atoms with Crippen molar-refractivity contribution in [2.75, 3.05) is 6.61 Å². The van der Waals surface area contributed by atoms with Gasteiger partial charge in [0.1, 0.15) is 5.75 Å². The van der Waals surface area contributed by atoms with Gasteiger partial charge in [-0.2, -0.15) is 13.2 Å². The van der Waals surface area contributed by atoms with Crippen molar-refractivity contribution in [1.29, 1.82) is 0 Å². The Morgan fingerprint density at radius 1 is 1.38 bits per heavy atom. The summed E-state index contributed by atoms with van der Waals surface area (Å²) in [6, 6.07) is 1.95. The van der Waals surface area contributed by atoms with E-state index in [1.165, 1.54) is 6.07 Å². The van der Waals surface area contributed by atoms with Crippen LogP contribution in [-0.4, -0.2) is 6.61 Å². The maximum absolute atomic E-state index is 12.5. The second-order valence-corrected chi connectivity index (χ2v) is 3.96. The Hall–Kier alpha value is -0.940. The molecule has 1 aliphatic rings. The van der Waals surface area contributed by atoms with Gasteiger partial charge in [-0.15, -0.1) is 0 Å². The van der Waals surface area contributed by atoms with Gasteiger partial charge in [-0.05, 0) is 6.07 Å². The second-order valence-electron chi connectivity index (χ2n) is 3.59. The molecular formula is C10H9ClF3NO. The molecule has 16 heavy (non-hydrogen) atoms. The average molecular weight is 252 g/mol. The first-order valence-corrected chi connectivity index (χ1v) is 5.07. The smallest absolute Gasteiger partial charge is 0.417 e. The Balaban J connectivity index is 2.55. The molecule has 88 valence electrons. The molecule has 2 N–H and O–H groups in total. The molecule has 0 saturated heterocycles. The van der Waals surface area contributed by atoms with Crippen molar-refractivity contribution in [2.24, 2.45) is 5.73 Å². The first kappa shape index (κ1) is 11.5. The summed E-state index contributed by atoms with van der Waals surface area (Å²) < 4.78 is 42.8. The van der Waals surface area contributed by atoms with Crippen molar-refractivity contribution in [3.8, 4) is 5.75 Å². The van der Waals surface area contributed by atoms with Gasteiger partial charge in [-0.25, -0.2) is 0 Å². The summed E-state index contributed by atoms with van der Waals surface area (Å²) in [5.41, 5.74) is 5.40. The molecule has 1 aromatic rings. The van der Waals surface area contributed by atoms with Crippen LogP contribution >= 0.6 is 11.6 Å². The number of halogens is 4. The van der Waals surface area contributed by atoms with Gasteiger partial charge in [0.25, 0.3) is 0 Å². The van der Waals surface area contributed by atoms with Crippen molar-refractivity contribution in [2.45, 2.75) is 18.6 Å². The molecule has 0 unspecified atom stereocenters. The Morgan fingerprint density at radius 2 is 2.06 bits per heavy atom. The highest BCUT2D eigenvalue weighted by Gasteiger charge is 2.36. The van der Waals surface area contributed by atoms with E-state index in [1.54, 1.807) is 0 Å². The summed E-state index contributed by atoms with van der Waals surface area (Å²) in [6.07, 6.45) is -3.90. The highest BCUT2D eigenvalue weighted by molar-refractivity contribution is 6.33. The van der Waals surface area contributed by atoms with Gasteiger partial charge in [0, 0.05) is 18.0 Å². The first-order chi connectivity index (χ1) is 7.41. The SMILES string of the molecule is N[C@H]1CCOc2c1ccc(C(F)(F)F)c2Cl. The monoisotopic (exact) mass is 251 g/mol. The molecule has 1 heterocycles. The zero-order valence-electron chi connectivity index (χ0n) is 8.14. The zero-order valence-corrected chi connectivity index (χ0v) is 8.90. The number of hydrogen-bond donors (Lipinski definition) is 1. The number of rotatable bonds is 0. The number of benzene rings is 1. The topological polar surface area (TPSA) is 35.2 Å². The molecule has 0 aliphatic carbocycles. The van der Waals surface area contributed by atoms with E-state index in [2.05, 4.69) is 0 Å². The van der Waals surface area contributed by atoms with Gasteiger partial charge >= 0.3 is 6.18 Å². The summed E-state index contributed by atoms with van der Waals surface area (Å²) in [5, 5.41) is -0.403. The quantitative estimate of drug-likeness (QED) is 0.769. The third-order valence-corrected chi connectivity index (χ3v) is 2.88. The molecule has 0 spiro atoms. The van der Waals surface area contributed by atoms with Crippen molar-refractivity contribution in [1.82, 2.24) is 0 Å². The summed E-state index contributed by atoms with van der Waals surface area (Å²) in [4.78, 5) is 0. The van der Waals surface area contributed by atoms with Gasteiger partial charge in [0.2, 0.25) is 0 Å². The van der Waals surface area contributed by atoms with E-state index in [0.29, 0.717) is 12.0 Å². The summed E-state index contributed by atoms with van der Waals surface area (Å²) in [7, 11) is 0. The third kappa shape index (κ3) is 1.85. The molecule has 1 atom stereocenters. The lowest BCUT2D eigenvalue weighted by Crippen LogP contribution is -2.21. The van der Waals surface area contributed by atoms with E-state index in [0.717, 1.165) is 6.07 Å².